The van der Waals surface area contributed by atoms with Gasteiger partial charge in [-0.25, -0.2) is 0 Å². The second kappa shape index (κ2) is 11.4. The standard InChI is InChI=1S/C25H32N4O3/c1-3-29(17-25(32)28-22-13-11-21(12-14-22)27-18(2)30)16-24(31)26-15-20-9-6-8-19-7-4-5-10-23(19)20/h4-5,7,10-14,20H,3,6,8-9,15-17H2,1-2H3,(H,26,31)(H,27,30)(H,28,32). The van der Waals surface area contributed by atoms with Crippen LogP contribution in [0, 0.1) is 0 Å². The Hall–Kier alpha value is -3.19. The molecule has 1 atom stereocenters. The first kappa shape index (κ1) is 23.5. The molecule has 1 aliphatic carbocycles. The van der Waals surface area contributed by atoms with E-state index in [1.54, 1.807) is 24.3 Å². The first-order valence-corrected chi connectivity index (χ1v) is 11.2. The number of hydrogen-bond acceptors (Lipinski definition) is 4. The van der Waals surface area contributed by atoms with Gasteiger partial charge in [0.15, 0.2) is 0 Å². The quantitative estimate of drug-likeness (QED) is 0.563. The maximum absolute atomic E-state index is 12.5. The Morgan fingerprint density at radius 2 is 1.59 bits per heavy atom. The second-order valence-corrected chi connectivity index (χ2v) is 8.20. The molecule has 170 valence electrons. The van der Waals surface area contributed by atoms with Crippen molar-refractivity contribution in [2.75, 3.05) is 36.8 Å². The second-order valence-electron chi connectivity index (χ2n) is 8.20. The molecule has 3 N–H and O–H groups in total. The predicted octanol–water partition coefficient (Wildman–Crippen LogP) is 3.14. The van der Waals surface area contributed by atoms with Crippen LogP contribution in [0.3, 0.4) is 0 Å². The van der Waals surface area contributed by atoms with E-state index in [0.29, 0.717) is 30.4 Å². The molecule has 0 radical (unpaired) electrons. The lowest BCUT2D eigenvalue weighted by atomic mass is 9.83. The van der Waals surface area contributed by atoms with Crippen molar-refractivity contribution in [3.05, 3.63) is 59.7 Å². The Labute approximate surface area is 189 Å². The van der Waals surface area contributed by atoms with Crippen LogP contribution in [-0.4, -0.2) is 48.8 Å². The van der Waals surface area contributed by atoms with E-state index in [0.717, 1.165) is 19.3 Å². The van der Waals surface area contributed by atoms with Crippen molar-refractivity contribution in [3.63, 3.8) is 0 Å². The average molecular weight is 437 g/mol. The van der Waals surface area contributed by atoms with Gasteiger partial charge in [-0.15, -0.1) is 0 Å². The first-order valence-electron chi connectivity index (χ1n) is 11.2. The van der Waals surface area contributed by atoms with E-state index in [1.807, 2.05) is 11.8 Å². The Bertz CT molecular complexity index is 942. The highest BCUT2D eigenvalue weighted by Gasteiger charge is 2.21. The van der Waals surface area contributed by atoms with Gasteiger partial charge in [-0.1, -0.05) is 31.2 Å². The molecule has 0 bridgehead atoms. The molecule has 1 unspecified atom stereocenters. The fourth-order valence-electron chi connectivity index (χ4n) is 4.09. The summed E-state index contributed by atoms with van der Waals surface area (Å²) < 4.78 is 0. The Morgan fingerprint density at radius 1 is 0.938 bits per heavy atom. The number of anilines is 2. The molecule has 3 rings (SSSR count). The number of hydrogen-bond donors (Lipinski definition) is 3. The van der Waals surface area contributed by atoms with Crippen LogP contribution in [0.4, 0.5) is 11.4 Å². The minimum atomic E-state index is -0.187. The molecule has 0 aromatic heterocycles. The van der Waals surface area contributed by atoms with E-state index in [9.17, 15) is 14.4 Å². The Balaban J connectivity index is 1.45. The van der Waals surface area contributed by atoms with E-state index < -0.39 is 0 Å². The number of carbonyl (C=O) groups excluding carboxylic acids is 3. The number of likely N-dealkylation sites (N-methyl/N-ethyl adjacent to an activating group) is 1. The van der Waals surface area contributed by atoms with Gasteiger partial charge >= 0.3 is 0 Å². The van der Waals surface area contributed by atoms with Crippen LogP contribution in [0.2, 0.25) is 0 Å². The number of nitrogens with zero attached hydrogens (tertiary/aromatic N) is 1. The van der Waals surface area contributed by atoms with Gasteiger partial charge in [0, 0.05) is 30.8 Å². The number of aryl methyl sites for hydroxylation is 1. The number of amides is 3. The molecule has 0 saturated carbocycles. The predicted molar refractivity (Wildman–Crippen MR) is 127 cm³/mol. The van der Waals surface area contributed by atoms with E-state index in [2.05, 4.69) is 40.2 Å². The molecule has 7 nitrogen and oxygen atoms in total. The molecule has 0 spiro atoms. The van der Waals surface area contributed by atoms with Crippen LogP contribution in [0.15, 0.2) is 48.5 Å². The summed E-state index contributed by atoms with van der Waals surface area (Å²) in [4.78, 5) is 37.8. The van der Waals surface area contributed by atoms with Gasteiger partial charge in [0.1, 0.15) is 0 Å². The molecule has 0 saturated heterocycles. The fraction of sp³-hybridized carbons (Fsp3) is 0.400. The zero-order chi connectivity index (χ0) is 22.9. The lowest BCUT2D eigenvalue weighted by Crippen LogP contribution is -2.42. The van der Waals surface area contributed by atoms with E-state index in [-0.39, 0.29) is 30.8 Å². The van der Waals surface area contributed by atoms with Gasteiger partial charge in [-0.2, -0.15) is 0 Å². The Kier molecular flexibility index (Phi) is 8.39. The third-order valence-corrected chi connectivity index (χ3v) is 5.71. The van der Waals surface area contributed by atoms with Gasteiger partial charge in [-0.05, 0) is 61.2 Å². The first-order chi connectivity index (χ1) is 15.4. The summed E-state index contributed by atoms with van der Waals surface area (Å²) in [6, 6.07) is 15.4. The maximum Gasteiger partial charge on any atom is 0.238 e. The Morgan fingerprint density at radius 3 is 2.28 bits per heavy atom. The van der Waals surface area contributed by atoms with Crippen molar-refractivity contribution in [2.45, 2.75) is 39.0 Å². The van der Waals surface area contributed by atoms with Crippen LogP contribution < -0.4 is 16.0 Å². The summed E-state index contributed by atoms with van der Waals surface area (Å²) >= 11 is 0. The van der Waals surface area contributed by atoms with Crippen molar-refractivity contribution in [1.82, 2.24) is 10.2 Å². The SMILES string of the molecule is CCN(CC(=O)NCC1CCCc2ccccc21)CC(=O)Nc1ccc(NC(C)=O)cc1. The van der Waals surface area contributed by atoms with Crippen LogP contribution in [0.1, 0.15) is 43.7 Å². The number of rotatable bonds is 9. The summed E-state index contributed by atoms with van der Waals surface area (Å²) in [5.41, 5.74) is 4.04. The molecule has 2 aromatic rings. The third-order valence-electron chi connectivity index (χ3n) is 5.71. The summed E-state index contributed by atoms with van der Waals surface area (Å²) in [6.07, 6.45) is 3.33. The van der Waals surface area contributed by atoms with Crippen molar-refractivity contribution in [1.29, 1.82) is 0 Å². The fourth-order valence-corrected chi connectivity index (χ4v) is 4.09. The van der Waals surface area contributed by atoms with Gasteiger partial charge in [0.25, 0.3) is 0 Å². The highest BCUT2D eigenvalue weighted by molar-refractivity contribution is 5.93. The smallest absolute Gasteiger partial charge is 0.238 e. The molecule has 3 amide bonds. The van der Waals surface area contributed by atoms with Gasteiger partial charge < -0.3 is 16.0 Å². The molecular formula is C25H32N4O3. The average Bonchev–Trinajstić information content (AvgIpc) is 2.78. The normalized spacial score (nSPS) is 15.0. The topological polar surface area (TPSA) is 90.5 Å². The molecule has 7 heteroatoms. The van der Waals surface area contributed by atoms with Crippen LogP contribution in [0.25, 0.3) is 0 Å². The molecule has 0 heterocycles. The third kappa shape index (κ3) is 6.92. The highest BCUT2D eigenvalue weighted by Crippen LogP contribution is 2.30. The van der Waals surface area contributed by atoms with Gasteiger partial charge in [0.05, 0.1) is 13.1 Å². The largest absolute Gasteiger partial charge is 0.354 e. The summed E-state index contributed by atoms with van der Waals surface area (Å²) in [5.74, 6) is -0.0513. The van der Waals surface area contributed by atoms with Crippen LogP contribution >= 0.6 is 0 Å². The lowest BCUT2D eigenvalue weighted by Gasteiger charge is -2.26. The summed E-state index contributed by atoms with van der Waals surface area (Å²) in [7, 11) is 0. The van der Waals surface area contributed by atoms with Crippen LogP contribution in [0.5, 0.6) is 0 Å². The van der Waals surface area contributed by atoms with Crippen LogP contribution in [-0.2, 0) is 20.8 Å². The monoisotopic (exact) mass is 436 g/mol. The van der Waals surface area contributed by atoms with Gasteiger partial charge in [0.2, 0.25) is 17.7 Å². The molecular weight excluding hydrogens is 404 g/mol. The van der Waals surface area contributed by atoms with Crippen molar-refractivity contribution < 1.29 is 14.4 Å². The van der Waals surface area contributed by atoms with Gasteiger partial charge in [-0.3, -0.25) is 19.3 Å². The minimum Gasteiger partial charge on any atom is -0.354 e. The van der Waals surface area contributed by atoms with Crippen molar-refractivity contribution in [2.24, 2.45) is 0 Å². The highest BCUT2D eigenvalue weighted by atomic mass is 16.2. The summed E-state index contributed by atoms with van der Waals surface area (Å²) in [5, 5.41) is 8.57. The molecule has 2 aromatic carbocycles. The van der Waals surface area contributed by atoms with E-state index in [4.69, 9.17) is 0 Å². The molecule has 0 aliphatic heterocycles. The molecule has 32 heavy (non-hydrogen) atoms. The zero-order valence-electron chi connectivity index (χ0n) is 18.8. The van der Waals surface area contributed by atoms with E-state index >= 15 is 0 Å². The number of carbonyl (C=O) groups is 3. The minimum absolute atomic E-state index is 0.0673. The number of nitrogens with one attached hydrogen (secondary N) is 3. The number of fused-ring (bicyclic) bond motifs is 1. The molecule has 0 fully saturated rings. The number of benzene rings is 2. The van der Waals surface area contributed by atoms with Crippen molar-refractivity contribution >= 4 is 29.1 Å². The lowest BCUT2D eigenvalue weighted by molar-refractivity contribution is -0.123. The molecule has 1 aliphatic rings. The van der Waals surface area contributed by atoms with E-state index in [1.165, 1.54) is 18.1 Å². The maximum atomic E-state index is 12.5. The summed E-state index contributed by atoms with van der Waals surface area (Å²) in [6.45, 7) is 4.90. The van der Waals surface area contributed by atoms with Crippen molar-refractivity contribution in [3.8, 4) is 0 Å². The zero-order valence-corrected chi connectivity index (χ0v) is 18.8.